The molecule has 208 valence electrons. The number of hydrogen-bond donors (Lipinski definition) is 1. The fraction of sp³-hybridized carbons (Fsp3) is 0.310. The van der Waals surface area contributed by atoms with Gasteiger partial charge in [0.1, 0.15) is 17.2 Å². The number of nitrogens with zero attached hydrogens (tertiary/aromatic N) is 4. The van der Waals surface area contributed by atoms with Crippen LogP contribution in [-0.4, -0.2) is 57.9 Å². The molecule has 2 amide bonds. The Morgan fingerprint density at radius 1 is 1.02 bits per heavy atom. The Morgan fingerprint density at radius 3 is 2.48 bits per heavy atom. The number of ether oxygens (including phenoxy) is 1. The number of aromatic nitrogens is 2. The van der Waals surface area contributed by atoms with E-state index in [0.717, 1.165) is 61.5 Å². The number of rotatable bonds is 8. The van der Waals surface area contributed by atoms with E-state index < -0.39 is 5.91 Å². The molecule has 0 bridgehead atoms. The van der Waals surface area contributed by atoms with Crippen LogP contribution in [0, 0.1) is 6.92 Å². The number of anilines is 1. The summed E-state index contributed by atoms with van der Waals surface area (Å²) in [6, 6.07) is 12.0. The summed E-state index contributed by atoms with van der Waals surface area (Å²) in [7, 11) is 0. The average molecular weight is 596 g/mol. The summed E-state index contributed by atoms with van der Waals surface area (Å²) in [5.74, 6) is 1.05. The van der Waals surface area contributed by atoms with Crippen molar-refractivity contribution in [3.63, 3.8) is 0 Å². The van der Waals surface area contributed by atoms with Gasteiger partial charge in [0.2, 0.25) is 0 Å². The summed E-state index contributed by atoms with van der Waals surface area (Å²) in [5, 5.41) is 3.78. The maximum Gasteiger partial charge on any atom is 0.275 e. The van der Waals surface area contributed by atoms with Crippen LogP contribution in [0.3, 0.4) is 0 Å². The molecule has 2 aliphatic rings. The lowest BCUT2D eigenvalue weighted by molar-refractivity contribution is -0.135. The molecule has 6 rings (SSSR count). The van der Waals surface area contributed by atoms with Crippen molar-refractivity contribution < 1.29 is 14.3 Å². The normalized spacial score (nSPS) is 15.8. The molecule has 0 atom stereocenters. The third-order valence-electron chi connectivity index (χ3n) is 7.09. The molecule has 11 heteroatoms. The van der Waals surface area contributed by atoms with E-state index in [-0.39, 0.29) is 18.3 Å². The molecule has 5 heterocycles. The third-order valence-corrected chi connectivity index (χ3v) is 9.19. The molecular formula is C29H30ClN5O3S2. The lowest BCUT2D eigenvalue weighted by Crippen LogP contribution is -2.36. The Labute approximate surface area is 247 Å². The van der Waals surface area contributed by atoms with Gasteiger partial charge in [-0.2, -0.15) is 5.01 Å². The monoisotopic (exact) mass is 595 g/mol. The number of hydrogen-bond acceptors (Lipinski definition) is 9. The number of nitrogens with one attached hydrogen (secondary N) is 1. The molecule has 0 unspecified atom stereocenters. The van der Waals surface area contributed by atoms with Crippen LogP contribution in [0.1, 0.15) is 31.7 Å². The van der Waals surface area contributed by atoms with Crippen molar-refractivity contribution >= 4 is 62.9 Å². The Hall–Kier alpha value is -3.31. The van der Waals surface area contributed by atoms with Crippen molar-refractivity contribution in [3.8, 4) is 26.9 Å². The second kappa shape index (κ2) is 12.1. The van der Waals surface area contributed by atoms with Gasteiger partial charge in [-0.3, -0.25) is 19.9 Å². The van der Waals surface area contributed by atoms with Gasteiger partial charge >= 0.3 is 0 Å². The minimum Gasteiger partial charge on any atom is -0.492 e. The second-order valence-electron chi connectivity index (χ2n) is 9.80. The molecule has 1 saturated heterocycles. The molecule has 0 spiro atoms. The molecule has 1 aromatic carbocycles. The number of benzene rings is 1. The molecule has 1 fully saturated rings. The van der Waals surface area contributed by atoms with Gasteiger partial charge in [-0.1, -0.05) is 12.5 Å². The van der Waals surface area contributed by atoms with Crippen molar-refractivity contribution in [2.45, 2.75) is 33.1 Å². The summed E-state index contributed by atoms with van der Waals surface area (Å²) in [6.07, 6.45) is 5.22. The van der Waals surface area contributed by atoms with Gasteiger partial charge in [-0.05, 0) is 86.6 Å². The molecule has 0 radical (unpaired) electrons. The first-order valence-electron chi connectivity index (χ1n) is 13.1. The van der Waals surface area contributed by atoms with Crippen LogP contribution in [-0.2, 0) is 9.59 Å². The highest BCUT2D eigenvalue weighted by Crippen LogP contribution is 2.42. The molecule has 4 aromatic rings. The number of imide groups is 1. The van der Waals surface area contributed by atoms with Gasteiger partial charge in [0, 0.05) is 23.1 Å². The predicted octanol–water partition coefficient (Wildman–Crippen LogP) is 6.32. The van der Waals surface area contributed by atoms with Crippen molar-refractivity contribution in [2.24, 2.45) is 0 Å². The number of piperidine rings is 1. The molecular weight excluding hydrogens is 566 g/mol. The topological polar surface area (TPSA) is 87.7 Å². The Bertz CT molecular complexity index is 1560. The number of thiophene rings is 2. The summed E-state index contributed by atoms with van der Waals surface area (Å²) >= 11 is 3.11. The SMILES string of the molecule is CC1=CC(=O)N(Nc2nc(-c3cccs3)nc3sc(-c4ccc(OCCN5CCCCC5)cc4)c(C)c23)C1=O.Cl. The van der Waals surface area contributed by atoms with Gasteiger partial charge in [-0.25, -0.2) is 9.97 Å². The van der Waals surface area contributed by atoms with Crippen molar-refractivity contribution in [3.05, 3.63) is 59.0 Å². The first-order valence-corrected chi connectivity index (χ1v) is 14.8. The highest BCUT2D eigenvalue weighted by Gasteiger charge is 2.30. The van der Waals surface area contributed by atoms with Gasteiger partial charge in [0.15, 0.2) is 11.6 Å². The van der Waals surface area contributed by atoms with Crippen LogP contribution >= 0.6 is 35.1 Å². The lowest BCUT2D eigenvalue weighted by atomic mass is 10.1. The van der Waals surface area contributed by atoms with E-state index in [1.165, 1.54) is 36.7 Å². The van der Waals surface area contributed by atoms with Crippen LogP contribution in [0.5, 0.6) is 5.75 Å². The number of fused-ring (bicyclic) bond motifs is 1. The van der Waals surface area contributed by atoms with Crippen LogP contribution in [0.15, 0.2) is 53.4 Å². The highest BCUT2D eigenvalue weighted by atomic mass is 35.5. The average Bonchev–Trinajstić information content (AvgIpc) is 3.66. The maximum atomic E-state index is 12.6. The van der Waals surface area contributed by atoms with Gasteiger partial charge < -0.3 is 4.74 Å². The van der Waals surface area contributed by atoms with Crippen LogP contribution in [0.2, 0.25) is 0 Å². The molecule has 2 aliphatic heterocycles. The van der Waals surface area contributed by atoms with Crippen molar-refractivity contribution in [1.29, 1.82) is 0 Å². The molecule has 0 aliphatic carbocycles. The minimum absolute atomic E-state index is 0. The number of carbonyl (C=O) groups is 2. The molecule has 0 saturated carbocycles. The summed E-state index contributed by atoms with van der Waals surface area (Å²) < 4.78 is 6.02. The van der Waals surface area contributed by atoms with Crippen LogP contribution in [0.25, 0.3) is 31.4 Å². The van der Waals surface area contributed by atoms with Crippen LogP contribution in [0.4, 0.5) is 5.82 Å². The number of likely N-dealkylation sites (tertiary alicyclic amines) is 1. The van der Waals surface area contributed by atoms with Gasteiger partial charge in [-0.15, -0.1) is 35.1 Å². The highest BCUT2D eigenvalue weighted by molar-refractivity contribution is 7.22. The number of aryl methyl sites for hydroxylation is 1. The summed E-state index contributed by atoms with van der Waals surface area (Å²) in [6.45, 7) is 7.61. The number of hydrazine groups is 1. The third kappa shape index (κ3) is 5.62. The fourth-order valence-corrected chi connectivity index (χ4v) is 6.83. The molecule has 3 aromatic heterocycles. The first kappa shape index (κ1) is 28.2. The zero-order valence-electron chi connectivity index (χ0n) is 22.3. The van der Waals surface area contributed by atoms with Crippen LogP contribution < -0.4 is 10.2 Å². The Kier molecular flexibility index (Phi) is 8.51. The Balaban J connectivity index is 0.00000323. The van der Waals surface area contributed by atoms with Gasteiger partial charge in [0.25, 0.3) is 11.8 Å². The van der Waals surface area contributed by atoms with E-state index in [9.17, 15) is 9.59 Å². The standard InChI is InChI=1S/C29H29N5O3S2.ClH/c1-18-17-23(35)34(29(18)36)32-27-24-19(2)25(39-28(24)31-26(30-27)22-7-6-16-38-22)20-8-10-21(11-9-20)37-15-14-33-12-4-3-5-13-33;/h6-11,16-17H,3-5,12-15H2,1-2H3,(H,30,31,32);1H. The fourth-order valence-electron chi connectivity index (χ4n) is 4.99. The quantitative estimate of drug-likeness (QED) is 0.238. The first-order chi connectivity index (χ1) is 19.0. The molecule has 1 N–H and O–H groups in total. The van der Waals surface area contributed by atoms with Gasteiger partial charge in [0.05, 0.1) is 10.3 Å². The molecule has 40 heavy (non-hydrogen) atoms. The summed E-state index contributed by atoms with van der Waals surface area (Å²) in [4.78, 5) is 39.9. The van der Waals surface area contributed by atoms with E-state index in [2.05, 4.69) is 22.5 Å². The maximum absolute atomic E-state index is 12.6. The number of amides is 2. The van der Waals surface area contributed by atoms with E-state index in [1.807, 2.05) is 36.6 Å². The van der Waals surface area contributed by atoms with Crippen molar-refractivity contribution in [1.82, 2.24) is 19.9 Å². The zero-order valence-corrected chi connectivity index (χ0v) is 24.8. The van der Waals surface area contributed by atoms with Crippen molar-refractivity contribution in [2.75, 3.05) is 31.7 Å². The largest absolute Gasteiger partial charge is 0.492 e. The van der Waals surface area contributed by atoms with E-state index in [0.29, 0.717) is 23.8 Å². The zero-order chi connectivity index (χ0) is 26.9. The van der Waals surface area contributed by atoms with E-state index in [4.69, 9.17) is 14.7 Å². The predicted molar refractivity (Wildman–Crippen MR) is 163 cm³/mol. The Morgan fingerprint density at radius 2 is 1.80 bits per heavy atom. The van der Waals surface area contributed by atoms with E-state index in [1.54, 1.807) is 18.3 Å². The summed E-state index contributed by atoms with van der Waals surface area (Å²) in [5.41, 5.74) is 5.42. The smallest absolute Gasteiger partial charge is 0.275 e. The number of halogens is 1. The number of carbonyl (C=O) groups excluding carboxylic acids is 2. The minimum atomic E-state index is -0.411. The second-order valence-corrected chi connectivity index (χ2v) is 11.7. The molecule has 8 nitrogen and oxygen atoms in total. The lowest BCUT2D eigenvalue weighted by Gasteiger charge is -2.26. The van der Waals surface area contributed by atoms with E-state index >= 15 is 0 Å².